The van der Waals surface area contributed by atoms with E-state index in [0.29, 0.717) is 12.2 Å². The van der Waals surface area contributed by atoms with Crippen molar-refractivity contribution in [3.05, 3.63) is 54.2 Å². The van der Waals surface area contributed by atoms with Crippen LogP contribution in [-0.4, -0.2) is 32.9 Å². The Morgan fingerprint density at radius 2 is 2.00 bits per heavy atom. The molecule has 1 aliphatic heterocycles. The highest BCUT2D eigenvalue weighted by Gasteiger charge is 2.39. The Balaban J connectivity index is 2.00. The van der Waals surface area contributed by atoms with Gasteiger partial charge in [0.15, 0.2) is 5.82 Å². The van der Waals surface area contributed by atoms with Crippen molar-refractivity contribution in [2.75, 3.05) is 17.9 Å². The maximum absolute atomic E-state index is 11.0. The molecule has 1 atom stereocenters. The van der Waals surface area contributed by atoms with Crippen LogP contribution in [0.1, 0.15) is 18.4 Å². The predicted octanol–water partition coefficient (Wildman–Crippen LogP) is 3.81. The van der Waals surface area contributed by atoms with Gasteiger partial charge in [-0.1, -0.05) is 24.3 Å². The number of aromatic nitrogens is 1. The summed E-state index contributed by atoms with van der Waals surface area (Å²) >= 11 is 0. The fourth-order valence-electron chi connectivity index (χ4n) is 3.03. The first-order valence-electron chi connectivity index (χ1n) is 7.85. The van der Waals surface area contributed by atoms with Crippen LogP contribution in [0.15, 0.2) is 48.7 Å². The van der Waals surface area contributed by atoms with E-state index < -0.39 is 10.8 Å². The third kappa shape index (κ3) is 3.21. The van der Waals surface area contributed by atoms with Crippen LogP contribution in [-0.2, 0) is 6.42 Å². The zero-order valence-electron chi connectivity index (χ0n) is 13.2. The number of rotatable bonds is 5. The Labute approximate surface area is 138 Å². The average molecular weight is 333 g/mol. The SMILES string of the molecule is CNCCC[C@H]1Cc2ccccc2N(c2ccccn2)S1(O)O. The lowest BCUT2D eigenvalue weighted by Gasteiger charge is -2.52. The van der Waals surface area contributed by atoms with Gasteiger partial charge < -0.3 is 5.32 Å². The minimum atomic E-state index is -2.97. The molecular formula is C17H23N3O2S. The van der Waals surface area contributed by atoms with E-state index in [0.717, 1.165) is 30.6 Å². The van der Waals surface area contributed by atoms with Crippen molar-refractivity contribution >= 4 is 22.3 Å². The monoisotopic (exact) mass is 333 g/mol. The molecule has 0 unspecified atom stereocenters. The van der Waals surface area contributed by atoms with E-state index in [-0.39, 0.29) is 5.25 Å². The predicted molar refractivity (Wildman–Crippen MR) is 96.3 cm³/mol. The normalized spacial score (nSPS) is 20.8. The van der Waals surface area contributed by atoms with Gasteiger partial charge in [-0.25, -0.2) is 9.29 Å². The number of fused-ring (bicyclic) bond motifs is 1. The number of hydrogen-bond donors (Lipinski definition) is 3. The fourth-order valence-corrected chi connectivity index (χ4v) is 5.07. The summed E-state index contributed by atoms with van der Waals surface area (Å²) in [6.45, 7) is 0.872. The van der Waals surface area contributed by atoms with Gasteiger partial charge in [-0.3, -0.25) is 9.11 Å². The highest BCUT2D eigenvalue weighted by Crippen LogP contribution is 2.60. The van der Waals surface area contributed by atoms with E-state index in [2.05, 4.69) is 16.4 Å². The van der Waals surface area contributed by atoms with Crippen LogP contribution in [0.2, 0.25) is 0 Å². The molecule has 0 spiro atoms. The van der Waals surface area contributed by atoms with Gasteiger partial charge in [0, 0.05) is 6.20 Å². The molecule has 0 saturated carbocycles. The molecule has 0 amide bonds. The zero-order valence-corrected chi connectivity index (χ0v) is 14.0. The molecule has 124 valence electrons. The maximum atomic E-state index is 11.0. The van der Waals surface area contributed by atoms with Crippen molar-refractivity contribution in [3.8, 4) is 0 Å². The van der Waals surface area contributed by atoms with Gasteiger partial charge in [-0.05, 0) is 56.6 Å². The summed E-state index contributed by atoms with van der Waals surface area (Å²) in [5, 5.41) is 2.93. The van der Waals surface area contributed by atoms with Gasteiger partial charge in [-0.2, -0.15) is 0 Å². The highest BCUT2D eigenvalue weighted by molar-refractivity contribution is 8.26. The topological polar surface area (TPSA) is 68.6 Å². The average Bonchev–Trinajstić information content (AvgIpc) is 2.56. The number of para-hydroxylation sites is 1. The second kappa shape index (κ2) is 6.88. The zero-order chi connectivity index (χ0) is 16.3. The number of nitrogens with one attached hydrogen (secondary N) is 1. The Morgan fingerprint density at radius 3 is 2.74 bits per heavy atom. The Bertz CT molecular complexity index is 651. The molecule has 0 radical (unpaired) electrons. The smallest absolute Gasteiger partial charge is 0.151 e. The van der Waals surface area contributed by atoms with E-state index >= 15 is 0 Å². The molecular weight excluding hydrogens is 310 g/mol. The van der Waals surface area contributed by atoms with Crippen LogP contribution in [0.3, 0.4) is 0 Å². The first-order chi connectivity index (χ1) is 11.1. The summed E-state index contributed by atoms with van der Waals surface area (Å²) in [4.78, 5) is 4.34. The minimum Gasteiger partial charge on any atom is -0.320 e. The van der Waals surface area contributed by atoms with Gasteiger partial charge in [-0.15, -0.1) is 10.8 Å². The summed E-state index contributed by atoms with van der Waals surface area (Å²) in [5.74, 6) is 0.582. The summed E-state index contributed by atoms with van der Waals surface area (Å²) in [7, 11) is -1.06. The van der Waals surface area contributed by atoms with Gasteiger partial charge in [0.25, 0.3) is 0 Å². The summed E-state index contributed by atoms with van der Waals surface area (Å²) < 4.78 is 23.6. The largest absolute Gasteiger partial charge is 0.320 e. The lowest BCUT2D eigenvalue weighted by molar-refractivity contribution is 0.454. The number of nitrogens with zero attached hydrogens (tertiary/aromatic N) is 2. The van der Waals surface area contributed by atoms with E-state index in [1.165, 1.54) is 0 Å². The molecule has 0 aliphatic carbocycles. The fraction of sp³-hybridized carbons (Fsp3) is 0.353. The van der Waals surface area contributed by atoms with Gasteiger partial charge in [0.05, 0.1) is 10.9 Å². The number of benzene rings is 1. The van der Waals surface area contributed by atoms with E-state index in [4.69, 9.17) is 0 Å². The lowest BCUT2D eigenvalue weighted by atomic mass is 10.0. The molecule has 3 N–H and O–H groups in total. The number of pyridine rings is 1. The van der Waals surface area contributed by atoms with Crippen LogP contribution in [0.5, 0.6) is 0 Å². The van der Waals surface area contributed by atoms with E-state index in [1.54, 1.807) is 10.5 Å². The van der Waals surface area contributed by atoms with E-state index in [1.807, 2.05) is 43.4 Å². The molecule has 1 aliphatic rings. The van der Waals surface area contributed by atoms with Gasteiger partial charge in [0.2, 0.25) is 0 Å². The van der Waals surface area contributed by atoms with Crippen molar-refractivity contribution in [3.63, 3.8) is 0 Å². The molecule has 6 heteroatoms. The van der Waals surface area contributed by atoms with Gasteiger partial charge in [0.1, 0.15) is 0 Å². The molecule has 5 nitrogen and oxygen atoms in total. The van der Waals surface area contributed by atoms with Crippen LogP contribution in [0, 0.1) is 0 Å². The van der Waals surface area contributed by atoms with Crippen molar-refractivity contribution in [1.29, 1.82) is 0 Å². The Morgan fingerprint density at radius 1 is 1.22 bits per heavy atom. The molecule has 23 heavy (non-hydrogen) atoms. The van der Waals surface area contributed by atoms with Crippen LogP contribution in [0.4, 0.5) is 11.5 Å². The first-order valence-corrected chi connectivity index (χ1v) is 9.42. The summed E-state index contributed by atoms with van der Waals surface area (Å²) in [5.41, 5.74) is 1.98. The van der Waals surface area contributed by atoms with Crippen molar-refractivity contribution in [2.24, 2.45) is 0 Å². The second-order valence-electron chi connectivity index (χ2n) is 5.74. The molecule has 2 aromatic rings. The number of anilines is 2. The van der Waals surface area contributed by atoms with Crippen LogP contribution < -0.4 is 9.62 Å². The standard InChI is InChI=1S/C17H23N3O2S/c1-18-11-6-8-15-13-14-7-2-3-9-16(14)20(23(15,21)22)17-10-4-5-12-19-17/h2-5,7,9-10,12,15,18,21-22H,6,8,11,13H2,1H3/t15-/m0/s1. The summed E-state index contributed by atoms with van der Waals surface area (Å²) in [6.07, 6.45) is 4.04. The molecule has 1 aromatic carbocycles. The molecule has 3 rings (SSSR count). The third-order valence-electron chi connectivity index (χ3n) is 4.18. The lowest BCUT2D eigenvalue weighted by Crippen LogP contribution is -2.38. The molecule has 2 heterocycles. The second-order valence-corrected chi connectivity index (χ2v) is 7.90. The minimum absolute atomic E-state index is 0.187. The van der Waals surface area contributed by atoms with Crippen molar-refractivity contribution in [1.82, 2.24) is 10.3 Å². The molecule has 1 aromatic heterocycles. The van der Waals surface area contributed by atoms with Crippen LogP contribution >= 0.6 is 10.8 Å². The van der Waals surface area contributed by atoms with Crippen molar-refractivity contribution < 1.29 is 9.11 Å². The number of hydrogen-bond acceptors (Lipinski definition) is 5. The third-order valence-corrected chi connectivity index (χ3v) is 6.40. The molecule has 0 fully saturated rings. The highest BCUT2D eigenvalue weighted by atomic mass is 32.3. The Kier molecular flexibility index (Phi) is 4.87. The van der Waals surface area contributed by atoms with Crippen LogP contribution in [0.25, 0.3) is 0 Å². The first kappa shape index (κ1) is 16.3. The van der Waals surface area contributed by atoms with E-state index in [9.17, 15) is 9.11 Å². The maximum Gasteiger partial charge on any atom is 0.151 e. The van der Waals surface area contributed by atoms with Crippen molar-refractivity contribution in [2.45, 2.75) is 24.5 Å². The summed E-state index contributed by atoms with van der Waals surface area (Å²) in [6, 6.07) is 13.4. The quantitative estimate of drug-likeness (QED) is 0.726. The van der Waals surface area contributed by atoms with Gasteiger partial charge >= 0.3 is 0 Å². The molecule has 0 saturated heterocycles. The molecule has 0 bridgehead atoms. The Hall–Kier alpha value is -1.60.